The average molecular weight is 232 g/mol. The minimum atomic E-state index is 0.281. The Labute approximate surface area is 103 Å². The van der Waals surface area contributed by atoms with Crippen molar-refractivity contribution < 1.29 is 0 Å². The molecule has 1 aromatic heterocycles. The van der Waals surface area contributed by atoms with Gasteiger partial charge in [-0.3, -0.25) is 0 Å². The van der Waals surface area contributed by atoms with Gasteiger partial charge in [-0.1, -0.05) is 26.0 Å². The second-order valence-corrected chi connectivity index (χ2v) is 3.82. The number of nitrogens with one attached hydrogen (secondary N) is 1. The van der Waals surface area contributed by atoms with Gasteiger partial charge in [-0.25, -0.2) is 9.97 Å². The molecule has 4 nitrogen and oxygen atoms in total. The number of nitrogens with two attached hydrogens (primary N) is 1. The van der Waals surface area contributed by atoms with Gasteiger partial charge in [0.1, 0.15) is 0 Å². The Bertz CT molecular complexity index is 410. The van der Waals surface area contributed by atoms with Crippen LogP contribution in [0.1, 0.15) is 32.4 Å². The van der Waals surface area contributed by atoms with E-state index in [-0.39, 0.29) is 5.95 Å². The summed E-state index contributed by atoms with van der Waals surface area (Å²) in [5, 5.41) is 3.36. The molecule has 0 unspecified atom stereocenters. The predicted octanol–water partition coefficient (Wildman–Crippen LogP) is 2.37. The second-order valence-electron chi connectivity index (χ2n) is 3.82. The molecule has 0 aliphatic rings. The molecule has 1 heterocycles. The Balaban J connectivity index is 2.89. The highest BCUT2D eigenvalue weighted by Crippen LogP contribution is 2.16. The number of hydrogen-bond donors (Lipinski definition) is 2. The topological polar surface area (TPSA) is 63.8 Å². The van der Waals surface area contributed by atoms with Gasteiger partial charge in [0, 0.05) is 24.0 Å². The molecule has 0 saturated heterocycles. The smallest absolute Gasteiger partial charge is 0.220 e. The lowest BCUT2D eigenvalue weighted by Crippen LogP contribution is -2.14. The summed E-state index contributed by atoms with van der Waals surface area (Å²) >= 11 is 0. The van der Waals surface area contributed by atoms with Gasteiger partial charge >= 0.3 is 0 Å². The largest absolute Gasteiger partial charge is 0.388 e. The molecule has 0 radical (unpaired) electrons. The summed E-state index contributed by atoms with van der Waals surface area (Å²) in [5.74, 6) is 0.281. The van der Waals surface area contributed by atoms with Gasteiger partial charge in [0.05, 0.1) is 5.69 Å². The van der Waals surface area contributed by atoms with Crippen molar-refractivity contribution in [1.82, 2.24) is 15.3 Å². The molecule has 0 amide bonds. The van der Waals surface area contributed by atoms with Gasteiger partial charge in [-0.15, -0.1) is 0 Å². The van der Waals surface area contributed by atoms with E-state index in [1.807, 2.05) is 13.0 Å². The molecule has 0 saturated carbocycles. The Kier molecular flexibility index (Phi) is 5.20. The van der Waals surface area contributed by atoms with E-state index in [4.69, 9.17) is 5.73 Å². The van der Waals surface area contributed by atoms with Crippen molar-refractivity contribution in [1.29, 1.82) is 0 Å². The molecule has 92 valence electrons. The standard InChI is InChI=1S/C13H20N4/c1-4-6-8-15-10(3)11(5-2)12-7-9-16-13(14)17-12/h5,7,9,15H,2,4,6,8H2,1,3H3,(H2,14,16,17)/b11-10-. The highest BCUT2D eigenvalue weighted by molar-refractivity contribution is 5.73. The number of aromatic nitrogens is 2. The zero-order valence-electron chi connectivity index (χ0n) is 10.5. The van der Waals surface area contributed by atoms with Crippen molar-refractivity contribution in [3.05, 3.63) is 36.3 Å². The normalized spacial score (nSPS) is 11.9. The van der Waals surface area contributed by atoms with Crippen molar-refractivity contribution in [3.8, 4) is 0 Å². The predicted molar refractivity (Wildman–Crippen MR) is 72.1 cm³/mol. The van der Waals surface area contributed by atoms with Crippen LogP contribution in [0, 0.1) is 0 Å². The first-order chi connectivity index (χ1) is 8.19. The molecule has 0 spiro atoms. The minimum absolute atomic E-state index is 0.281. The quantitative estimate of drug-likeness (QED) is 0.584. The summed E-state index contributed by atoms with van der Waals surface area (Å²) < 4.78 is 0. The number of rotatable bonds is 6. The zero-order chi connectivity index (χ0) is 12.7. The van der Waals surface area contributed by atoms with Crippen molar-refractivity contribution in [2.24, 2.45) is 0 Å². The molecule has 0 aliphatic heterocycles. The molecule has 0 atom stereocenters. The maximum absolute atomic E-state index is 5.57. The molecule has 17 heavy (non-hydrogen) atoms. The Morgan fingerprint density at radius 1 is 1.59 bits per heavy atom. The van der Waals surface area contributed by atoms with E-state index in [9.17, 15) is 0 Å². The summed E-state index contributed by atoms with van der Waals surface area (Å²) in [6.07, 6.45) is 5.76. The summed E-state index contributed by atoms with van der Waals surface area (Å²) in [7, 11) is 0. The van der Waals surface area contributed by atoms with Crippen LogP contribution in [0.3, 0.4) is 0 Å². The highest BCUT2D eigenvalue weighted by Gasteiger charge is 2.04. The van der Waals surface area contributed by atoms with E-state index in [1.54, 1.807) is 12.3 Å². The minimum Gasteiger partial charge on any atom is -0.388 e. The molecule has 4 heteroatoms. The van der Waals surface area contributed by atoms with Crippen LogP contribution in [-0.2, 0) is 0 Å². The first kappa shape index (κ1) is 13.2. The van der Waals surface area contributed by atoms with Gasteiger partial charge < -0.3 is 11.1 Å². The lowest BCUT2D eigenvalue weighted by Gasteiger charge is -2.10. The third-order valence-corrected chi connectivity index (χ3v) is 2.48. The van der Waals surface area contributed by atoms with Crippen molar-refractivity contribution in [3.63, 3.8) is 0 Å². The van der Waals surface area contributed by atoms with Crippen LogP contribution in [0.25, 0.3) is 5.57 Å². The second kappa shape index (κ2) is 6.68. The maximum Gasteiger partial charge on any atom is 0.220 e. The molecular weight excluding hydrogens is 212 g/mol. The van der Waals surface area contributed by atoms with E-state index >= 15 is 0 Å². The third kappa shape index (κ3) is 3.90. The van der Waals surface area contributed by atoms with E-state index in [0.717, 1.165) is 29.9 Å². The fourth-order valence-corrected chi connectivity index (χ4v) is 1.52. The number of nitrogen functional groups attached to an aromatic ring is 1. The molecule has 1 aromatic rings. The van der Waals surface area contributed by atoms with E-state index in [0.29, 0.717) is 0 Å². The molecule has 3 N–H and O–H groups in total. The maximum atomic E-state index is 5.57. The molecular formula is C13H20N4. The van der Waals surface area contributed by atoms with Gasteiger partial charge in [-0.2, -0.15) is 0 Å². The first-order valence-corrected chi connectivity index (χ1v) is 5.85. The number of unbranched alkanes of at least 4 members (excludes halogenated alkanes) is 1. The van der Waals surface area contributed by atoms with Crippen molar-refractivity contribution >= 4 is 11.5 Å². The summed E-state index contributed by atoms with van der Waals surface area (Å²) in [6.45, 7) is 8.96. The average Bonchev–Trinajstić information content (AvgIpc) is 2.30. The molecule has 0 aromatic carbocycles. The summed E-state index contributed by atoms with van der Waals surface area (Å²) in [6, 6.07) is 1.83. The fraction of sp³-hybridized carbons (Fsp3) is 0.385. The van der Waals surface area contributed by atoms with Crippen LogP contribution < -0.4 is 11.1 Å². The Morgan fingerprint density at radius 3 is 2.94 bits per heavy atom. The SMILES string of the molecule is C=C/C(=C(\C)NCCCC)c1ccnc(N)n1. The monoisotopic (exact) mass is 232 g/mol. The van der Waals surface area contributed by atoms with Crippen molar-refractivity contribution in [2.45, 2.75) is 26.7 Å². The van der Waals surface area contributed by atoms with Gasteiger partial charge in [-0.05, 0) is 19.4 Å². The van der Waals surface area contributed by atoms with Crippen LogP contribution in [0.2, 0.25) is 0 Å². The van der Waals surface area contributed by atoms with Gasteiger partial charge in [0.15, 0.2) is 0 Å². The first-order valence-electron chi connectivity index (χ1n) is 5.85. The lowest BCUT2D eigenvalue weighted by atomic mass is 10.1. The molecule has 0 bridgehead atoms. The van der Waals surface area contributed by atoms with Crippen LogP contribution in [0.4, 0.5) is 5.95 Å². The molecule has 1 rings (SSSR count). The van der Waals surface area contributed by atoms with Crippen LogP contribution >= 0.6 is 0 Å². The van der Waals surface area contributed by atoms with Crippen LogP contribution in [0.5, 0.6) is 0 Å². The molecule has 0 fully saturated rings. The lowest BCUT2D eigenvalue weighted by molar-refractivity contribution is 0.712. The van der Waals surface area contributed by atoms with E-state index in [2.05, 4.69) is 28.8 Å². The Hall–Kier alpha value is -1.84. The van der Waals surface area contributed by atoms with Crippen LogP contribution in [0.15, 0.2) is 30.6 Å². The van der Waals surface area contributed by atoms with E-state index < -0.39 is 0 Å². The van der Waals surface area contributed by atoms with Crippen LogP contribution in [-0.4, -0.2) is 16.5 Å². The summed E-state index contributed by atoms with van der Waals surface area (Å²) in [4.78, 5) is 8.07. The number of anilines is 1. The number of hydrogen-bond acceptors (Lipinski definition) is 4. The third-order valence-electron chi connectivity index (χ3n) is 2.48. The summed E-state index contributed by atoms with van der Waals surface area (Å²) in [5.41, 5.74) is 8.40. The zero-order valence-corrected chi connectivity index (χ0v) is 10.5. The Morgan fingerprint density at radius 2 is 2.35 bits per heavy atom. The van der Waals surface area contributed by atoms with Gasteiger partial charge in [0.25, 0.3) is 0 Å². The number of nitrogens with zero attached hydrogens (tertiary/aromatic N) is 2. The van der Waals surface area contributed by atoms with Crippen molar-refractivity contribution in [2.75, 3.05) is 12.3 Å². The fourth-order valence-electron chi connectivity index (χ4n) is 1.52. The van der Waals surface area contributed by atoms with E-state index in [1.165, 1.54) is 6.42 Å². The molecule has 0 aliphatic carbocycles. The highest BCUT2D eigenvalue weighted by atomic mass is 15.0. The van der Waals surface area contributed by atoms with Gasteiger partial charge in [0.2, 0.25) is 5.95 Å². The number of allylic oxidation sites excluding steroid dienone is 3.